The standard InChI is InChI=1S/C10H12Br/c1-2-3-4-9-5-7-10(11)8-6-9/h5-8H,1-4H2. The molecule has 1 radical (unpaired) electrons. The van der Waals surface area contributed by atoms with Crippen LogP contribution in [0.15, 0.2) is 28.7 Å². The Morgan fingerprint density at radius 2 is 1.82 bits per heavy atom. The molecule has 0 heterocycles. The van der Waals surface area contributed by atoms with Crippen molar-refractivity contribution < 1.29 is 0 Å². The summed E-state index contributed by atoms with van der Waals surface area (Å²) in [4.78, 5) is 0. The number of hydrogen-bond acceptors (Lipinski definition) is 0. The second-order valence-corrected chi connectivity index (χ2v) is 3.50. The van der Waals surface area contributed by atoms with Gasteiger partial charge in [-0.2, -0.15) is 0 Å². The van der Waals surface area contributed by atoms with Gasteiger partial charge in [0.1, 0.15) is 0 Å². The molecule has 59 valence electrons. The minimum Gasteiger partial charge on any atom is -0.0579 e. The van der Waals surface area contributed by atoms with Crippen molar-refractivity contribution in [3.05, 3.63) is 41.2 Å². The summed E-state index contributed by atoms with van der Waals surface area (Å²) in [6.45, 7) is 3.81. The number of unbranched alkanes of at least 4 members (excludes halogenated alkanes) is 1. The largest absolute Gasteiger partial charge is 0.0579 e. The molecule has 0 aliphatic heterocycles. The predicted molar refractivity (Wildman–Crippen MR) is 52.4 cm³/mol. The van der Waals surface area contributed by atoms with E-state index in [0.29, 0.717) is 0 Å². The van der Waals surface area contributed by atoms with Crippen LogP contribution >= 0.6 is 15.9 Å². The fourth-order valence-corrected chi connectivity index (χ4v) is 1.24. The molecule has 0 amide bonds. The van der Waals surface area contributed by atoms with Gasteiger partial charge in [-0.1, -0.05) is 41.4 Å². The van der Waals surface area contributed by atoms with E-state index >= 15 is 0 Å². The van der Waals surface area contributed by atoms with Gasteiger partial charge in [-0.25, -0.2) is 0 Å². The van der Waals surface area contributed by atoms with Gasteiger partial charge in [-0.15, -0.1) is 0 Å². The third kappa shape index (κ3) is 3.06. The third-order valence-electron chi connectivity index (χ3n) is 1.63. The van der Waals surface area contributed by atoms with Gasteiger partial charge in [-0.05, 0) is 30.5 Å². The normalized spacial score (nSPS) is 10.0. The fraction of sp³-hybridized carbons (Fsp3) is 0.300. The van der Waals surface area contributed by atoms with Gasteiger partial charge in [-0.3, -0.25) is 0 Å². The van der Waals surface area contributed by atoms with Crippen molar-refractivity contribution in [3.63, 3.8) is 0 Å². The van der Waals surface area contributed by atoms with Crippen LogP contribution < -0.4 is 0 Å². The van der Waals surface area contributed by atoms with Crippen molar-refractivity contribution in [2.75, 3.05) is 0 Å². The molecule has 0 spiro atoms. The predicted octanol–water partition coefficient (Wildman–Crippen LogP) is 3.61. The second kappa shape index (κ2) is 4.55. The summed E-state index contributed by atoms with van der Waals surface area (Å²) in [5.41, 5.74) is 1.40. The molecule has 0 fully saturated rings. The van der Waals surface area contributed by atoms with E-state index in [-0.39, 0.29) is 0 Å². The van der Waals surface area contributed by atoms with E-state index in [1.165, 1.54) is 12.0 Å². The minimum atomic E-state index is 1.02. The minimum absolute atomic E-state index is 1.02. The monoisotopic (exact) mass is 211 g/mol. The lowest BCUT2D eigenvalue weighted by Gasteiger charge is -1.98. The Hall–Kier alpha value is -0.300. The maximum Gasteiger partial charge on any atom is 0.0175 e. The van der Waals surface area contributed by atoms with Gasteiger partial charge >= 0.3 is 0 Å². The number of aryl methyl sites for hydroxylation is 1. The van der Waals surface area contributed by atoms with Crippen molar-refractivity contribution in [2.24, 2.45) is 0 Å². The quantitative estimate of drug-likeness (QED) is 0.717. The van der Waals surface area contributed by atoms with E-state index in [4.69, 9.17) is 0 Å². The highest BCUT2D eigenvalue weighted by atomic mass is 79.9. The fourth-order valence-electron chi connectivity index (χ4n) is 0.980. The van der Waals surface area contributed by atoms with Crippen LogP contribution in [0.1, 0.15) is 18.4 Å². The number of benzene rings is 1. The van der Waals surface area contributed by atoms with Crippen LogP contribution in [0.3, 0.4) is 0 Å². The van der Waals surface area contributed by atoms with Crippen LogP contribution in [-0.4, -0.2) is 0 Å². The van der Waals surface area contributed by atoms with Crippen molar-refractivity contribution in [1.82, 2.24) is 0 Å². The zero-order valence-corrected chi connectivity index (χ0v) is 8.10. The molecule has 0 aromatic heterocycles. The number of halogens is 1. The molecule has 0 saturated carbocycles. The first kappa shape index (κ1) is 8.79. The summed E-state index contributed by atoms with van der Waals surface area (Å²) in [6.07, 6.45) is 3.36. The van der Waals surface area contributed by atoms with E-state index in [9.17, 15) is 0 Å². The van der Waals surface area contributed by atoms with E-state index in [2.05, 4.69) is 47.1 Å². The first-order chi connectivity index (χ1) is 5.33. The van der Waals surface area contributed by atoms with Gasteiger partial charge in [0.25, 0.3) is 0 Å². The lowest BCUT2D eigenvalue weighted by molar-refractivity contribution is 0.841. The number of rotatable bonds is 3. The highest BCUT2D eigenvalue weighted by Crippen LogP contribution is 2.11. The smallest absolute Gasteiger partial charge is 0.0175 e. The molecule has 0 N–H and O–H groups in total. The Balaban J connectivity index is 2.52. The summed E-state index contributed by atoms with van der Waals surface area (Å²) in [5, 5.41) is 0. The molecule has 11 heavy (non-hydrogen) atoms. The van der Waals surface area contributed by atoms with Crippen LogP contribution in [-0.2, 0) is 6.42 Å². The molecule has 0 nitrogen and oxygen atoms in total. The highest BCUT2D eigenvalue weighted by molar-refractivity contribution is 9.10. The second-order valence-electron chi connectivity index (χ2n) is 2.58. The molecule has 1 rings (SSSR count). The van der Waals surface area contributed by atoms with E-state index < -0.39 is 0 Å². The maximum absolute atomic E-state index is 3.81. The maximum atomic E-state index is 3.81. The topological polar surface area (TPSA) is 0 Å². The zero-order chi connectivity index (χ0) is 8.10. The molecule has 1 aromatic rings. The van der Waals surface area contributed by atoms with Crippen LogP contribution in [0, 0.1) is 6.92 Å². The highest BCUT2D eigenvalue weighted by Gasteiger charge is 1.90. The van der Waals surface area contributed by atoms with Crippen LogP contribution in [0.2, 0.25) is 0 Å². The molecule has 0 atom stereocenters. The van der Waals surface area contributed by atoms with Crippen LogP contribution in [0.5, 0.6) is 0 Å². The van der Waals surface area contributed by atoms with Crippen molar-refractivity contribution in [1.29, 1.82) is 0 Å². The van der Waals surface area contributed by atoms with Gasteiger partial charge in [0.2, 0.25) is 0 Å². The lowest BCUT2D eigenvalue weighted by Crippen LogP contribution is -1.82. The van der Waals surface area contributed by atoms with Crippen LogP contribution in [0.25, 0.3) is 0 Å². The Kier molecular flexibility index (Phi) is 3.64. The average Bonchev–Trinajstić information content (AvgIpc) is 2.04. The molecule has 0 unspecified atom stereocenters. The van der Waals surface area contributed by atoms with Gasteiger partial charge in [0.05, 0.1) is 0 Å². The summed E-state index contributed by atoms with van der Waals surface area (Å²) in [7, 11) is 0. The lowest BCUT2D eigenvalue weighted by atomic mass is 10.1. The molecule has 0 aliphatic rings. The van der Waals surface area contributed by atoms with Crippen molar-refractivity contribution in [3.8, 4) is 0 Å². The Morgan fingerprint density at radius 3 is 2.36 bits per heavy atom. The summed E-state index contributed by atoms with van der Waals surface area (Å²) >= 11 is 3.40. The van der Waals surface area contributed by atoms with Gasteiger partial charge in [0, 0.05) is 4.47 Å². The first-order valence-electron chi connectivity index (χ1n) is 3.86. The van der Waals surface area contributed by atoms with Crippen molar-refractivity contribution in [2.45, 2.75) is 19.3 Å². The molecular weight excluding hydrogens is 200 g/mol. The van der Waals surface area contributed by atoms with Crippen molar-refractivity contribution >= 4 is 15.9 Å². The summed E-state index contributed by atoms with van der Waals surface area (Å²) in [6, 6.07) is 8.47. The molecule has 0 bridgehead atoms. The molecular formula is C10H12Br. The van der Waals surface area contributed by atoms with Gasteiger partial charge < -0.3 is 0 Å². The van der Waals surface area contributed by atoms with E-state index in [0.717, 1.165) is 17.3 Å². The van der Waals surface area contributed by atoms with E-state index in [1.807, 2.05) is 0 Å². The molecule has 0 aliphatic carbocycles. The SMILES string of the molecule is [CH2]CCCc1ccc(Br)cc1. The Morgan fingerprint density at radius 1 is 1.18 bits per heavy atom. The van der Waals surface area contributed by atoms with Gasteiger partial charge in [0.15, 0.2) is 0 Å². The number of hydrogen-bond donors (Lipinski definition) is 0. The summed E-state index contributed by atoms with van der Waals surface area (Å²) < 4.78 is 1.15. The molecule has 1 aromatic carbocycles. The zero-order valence-electron chi connectivity index (χ0n) is 6.52. The van der Waals surface area contributed by atoms with Crippen LogP contribution in [0.4, 0.5) is 0 Å². The summed E-state index contributed by atoms with van der Waals surface area (Å²) in [5.74, 6) is 0. The Labute approximate surface area is 76.8 Å². The average molecular weight is 212 g/mol. The first-order valence-corrected chi connectivity index (χ1v) is 4.66. The Bertz CT molecular complexity index is 201. The van der Waals surface area contributed by atoms with E-state index in [1.54, 1.807) is 0 Å². The molecule has 1 heteroatoms. The third-order valence-corrected chi connectivity index (χ3v) is 2.16. The molecule has 0 saturated heterocycles.